The first-order valence-electron chi connectivity index (χ1n) is 17.6. The minimum Gasteiger partial charge on any atom is -0.495 e. The van der Waals surface area contributed by atoms with Gasteiger partial charge in [0.2, 0.25) is 11.8 Å². The van der Waals surface area contributed by atoms with Crippen molar-refractivity contribution in [3.63, 3.8) is 0 Å². The minimum atomic E-state index is -0.969. The number of nitrogens with zero attached hydrogens (tertiary/aromatic N) is 2. The molecule has 0 spiro atoms. The van der Waals surface area contributed by atoms with Crippen molar-refractivity contribution in [3.05, 3.63) is 46.5 Å². The van der Waals surface area contributed by atoms with E-state index in [4.69, 9.17) is 36.0 Å². The number of alkyl carbamates (subject to hydrolysis) is 1. The fourth-order valence-corrected chi connectivity index (χ4v) is 6.83. The van der Waals surface area contributed by atoms with Gasteiger partial charge in [-0.2, -0.15) is 11.8 Å². The maximum Gasteiger partial charge on any atom is 0.407 e. The summed E-state index contributed by atoms with van der Waals surface area (Å²) in [4.78, 5) is 50.4. The lowest BCUT2D eigenvalue weighted by atomic mass is 9.86. The van der Waals surface area contributed by atoms with Crippen molar-refractivity contribution in [3.8, 4) is 5.75 Å². The second kappa shape index (κ2) is 20.8. The largest absolute Gasteiger partial charge is 0.495 e. The van der Waals surface area contributed by atoms with Gasteiger partial charge in [0.05, 0.1) is 24.5 Å². The van der Waals surface area contributed by atoms with Crippen LogP contribution in [0.3, 0.4) is 0 Å². The van der Waals surface area contributed by atoms with Gasteiger partial charge in [0, 0.05) is 57.7 Å². The number of aliphatic carboxylic acids is 1. The number of benzene rings is 1. The predicted molar refractivity (Wildman–Crippen MR) is 206 cm³/mol. The Labute approximate surface area is 318 Å². The molecule has 4 rings (SSSR count). The maximum absolute atomic E-state index is 13.2. The summed E-state index contributed by atoms with van der Waals surface area (Å²) in [6.07, 6.45) is 11.7. The van der Waals surface area contributed by atoms with Gasteiger partial charge in [0.1, 0.15) is 22.9 Å². The van der Waals surface area contributed by atoms with Crippen LogP contribution < -0.4 is 15.0 Å². The molecule has 52 heavy (non-hydrogen) atoms. The van der Waals surface area contributed by atoms with Gasteiger partial charge >= 0.3 is 12.1 Å². The van der Waals surface area contributed by atoms with Crippen molar-refractivity contribution in [2.45, 2.75) is 115 Å². The number of hydrogen-bond acceptors (Lipinski definition) is 9. The standard InChI is InChI=1S/C27H35ClN2O5.C10H19NO3S.CH4O/c1-16-8-6-7-9-19-15-21(34-26(32)29-19)17(2)25-27(3,35-25)11-10-23(31)30(4)20-13-18(12-16)14-22(33-5)24(20)28;1-7(15-4)5-6-9(12)11(3)8(2)10(13)14;1-2/h6-8,13-14,17,19,21,25H,9-12,15H2,1-5H3,(H,29,32);7-8H,5-6H2,1-4H3,(H,13,14);2H,1H3/b7-6+,16-8+;;/t17-,19?,21+,25+,27+;7?,8-;/m10./s1. The van der Waals surface area contributed by atoms with Crippen LogP contribution in [0.25, 0.3) is 0 Å². The summed E-state index contributed by atoms with van der Waals surface area (Å²) in [7, 11) is 5.85. The van der Waals surface area contributed by atoms with Gasteiger partial charge in [-0.25, -0.2) is 9.59 Å². The Morgan fingerprint density at radius 2 is 1.92 bits per heavy atom. The highest BCUT2D eigenvalue weighted by Gasteiger charge is 2.57. The third kappa shape index (κ3) is 12.7. The molecule has 0 aromatic heterocycles. The number of nitrogens with one attached hydrogen (secondary N) is 1. The number of carboxylic acid groups (broad SMARTS) is 1. The minimum absolute atomic E-state index is 0.0130. The molecule has 2 fully saturated rings. The molecule has 3 N–H and O–H groups in total. The molecule has 0 aliphatic carbocycles. The zero-order valence-corrected chi connectivity index (χ0v) is 33.8. The van der Waals surface area contributed by atoms with Crippen molar-refractivity contribution in [2.75, 3.05) is 39.5 Å². The van der Waals surface area contributed by atoms with Gasteiger partial charge in [-0.15, -0.1) is 0 Å². The highest BCUT2D eigenvalue weighted by Crippen LogP contribution is 2.47. The van der Waals surface area contributed by atoms with Gasteiger partial charge in [-0.3, -0.25) is 9.59 Å². The Kier molecular flexibility index (Phi) is 18.0. The summed E-state index contributed by atoms with van der Waals surface area (Å²) >= 11 is 8.30. The van der Waals surface area contributed by atoms with Crippen LogP contribution in [0.4, 0.5) is 10.5 Å². The van der Waals surface area contributed by atoms with Gasteiger partial charge in [-0.05, 0) is 70.4 Å². The summed E-state index contributed by atoms with van der Waals surface area (Å²) in [5.74, 6) is -0.544. The van der Waals surface area contributed by atoms with Crippen LogP contribution in [0, 0.1) is 5.92 Å². The number of thioether (sulfide) groups is 1. The molecule has 1 aromatic rings. The molecule has 14 heteroatoms. The molecule has 3 aliphatic rings. The first-order valence-corrected chi connectivity index (χ1v) is 19.2. The number of methoxy groups -OCH3 is 1. The highest BCUT2D eigenvalue weighted by atomic mass is 35.5. The van der Waals surface area contributed by atoms with E-state index in [1.807, 2.05) is 31.4 Å². The molecule has 12 nitrogen and oxygen atoms in total. The second-order valence-electron chi connectivity index (χ2n) is 13.8. The average Bonchev–Trinajstić information content (AvgIpc) is 3.81. The van der Waals surface area contributed by atoms with E-state index in [-0.39, 0.29) is 42.1 Å². The quantitative estimate of drug-likeness (QED) is 0.271. The van der Waals surface area contributed by atoms with Gasteiger partial charge < -0.3 is 39.5 Å². The van der Waals surface area contributed by atoms with E-state index < -0.39 is 17.6 Å². The number of ether oxygens (including phenoxy) is 3. The molecule has 3 heterocycles. The Hall–Kier alpha value is -3.26. The van der Waals surface area contributed by atoms with Gasteiger partial charge in [0.15, 0.2) is 0 Å². The van der Waals surface area contributed by atoms with E-state index in [0.29, 0.717) is 47.4 Å². The SMILES string of the molecule is CO.COc1cc2cc(c1Cl)N(C)C(=O)CC[C@]1(C)O[C@H]1[C@H](C)[C@@H]1CC(C/C=C/C=C(\C)C2)NC(=O)O1.CSC(C)CCC(=O)N(C)[C@@H](C)C(=O)O. The van der Waals surface area contributed by atoms with Crippen molar-refractivity contribution < 1.29 is 43.6 Å². The number of carbonyl (C=O) groups is 4. The molecular weight excluding hydrogens is 710 g/mol. The van der Waals surface area contributed by atoms with Crippen molar-refractivity contribution >= 4 is 52.9 Å². The Morgan fingerprint density at radius 1 is 1.25 bits per heavy atom. The number of carbonyl (C=O) groups excluding carboxylic acids is 3. The number of hydrogen-bond donors (Lipinski definition) is 3. The molecule has 2 saturated heterocycles. The lowest BCUT2D eigenvalue weighted by molar-refractivity contribution is -0.148. The maximum atomic E-state index is 13.2. The van der Waals surface area contributed by atoms with E-state index in [9.17, 15) is 19.2 Å². The van der Waals surface area contributed by atoms with Crippen molar-refractivity contribution in [2.24, 2.45) is 5.92 Å². The van der Waals surface area contributed by atoms with Crippen LogP contribution in [0.5, 0.6) is 5.75 Å². The highest BCUT2D eigenvalue weighted by molar-refractivity contribution is 7.99. The lowest BCUT2D eigenvalue weighted by Gasteiger charge is -2.33. The number of amides is 3. The first-order chi connectivity index (χ1) is 24.5. The molecule has 292 valence electrons. The predicted octanol–water partition coefficient (Wildman–Crippen LogP) is 6.26. The molecule has 1 aromatic carbocycles. The fraction of sp³-hybridized carbons (Fsp3) is 0.632. The van der Waals surface area contributed by atoms with Crippen molar-refractivity contribution in [1.82, 2.24) is 10.2 Å². The normalized spacial score (nSPS) is 27.2. The third-order valence-electron chi connectivity index (χ3n) is 9.89. The molecule has 0 saturated carbocycles. The van der Waals surface area contributed by atoms with Gasteiger partial charge in [0.25, 0.3) is 0 Å². The first kappa shape index (κ1) is 44.9. The Bertz CT molecular complexity index is 1460. The summed E-state index contributed by atoms with van der Waals surface area (Å²) in [5.41, 5.74) is 2.37. The zero-order chi connectivity index (χ0) is 39.3. The van der Waals surface area contributed by atoms with E-state index in [1.165, 1.54) is 18.9 Å². The number of carboxylic acids is 1. The molecule has 0 radical (unpaired) electrons. The number of fused-ring (bicyclic) bond motifs is 5. The molecule has 3 amide bonds. The van der Waals surface area contributed by atoms with E-state index in [0.717, 1.165) is 37.5 Å². The van der Waals surface area contributed by atoms with E-state index in [1.54, 1.807) is 30.8 Å². The summed E-state index contributed by atoms with van der Waals surface area (Å²) in [6.45, 7) is 9.71. The molecule has 3 aliphatic heterocycles. The van der Waals surface area contributed by atoms with Crippen LogP contribution in [0.1, 0.15) is 78.7 Å². The Balaban J connectivity index is 0.000000465. The number of aliphatic hydroxyl groups excluding tert-OH is 1. The van der Waals surface area contributed by atoms with Crippen LogP contribution >= 0.6 is 23.4 Å². The smallest absolute Gasteiger partial charge is 0.407 e. The van der Waals surface area contributed by atoms with Crippen LogP contribution in [0.2, 0.25) is 5.02 Å². The molecule has 7 atom stereocenters. The zero-order valence-electron chi connectivity index (χ0n) is 32.2. The van der Waals surface area contributed by atoms with E-state index in [2.05, 4.69) is 38.2 Å². The van der Waals surface area contributed by atoms with Crippen molar-refractivity contribution in [1.29, 1.82) is 0 Å². The number of halogens is 1. The molecular formula is C38H58ClN3O9S. The summed E-state index contributed by atoms with van der Waals surface area (Å²) in [6, 6.07) is 3.13. The number of aliphatic hydroxyl groups is 1. The summed E-state index contributed by atoms with van der Waals surface area (Å²) < 4.78 is 17.2. The van der Waals surface area contributed by atoms with Crippen LogP contribution in [0.15, 0.2) is 35.9 Å². The topological polar surface area (TPSA) is 158 Å². The van der Waals surface area contributed by atoms with E-state index >= 15 is 0 Å². The molecule has 4 bridgehead atoms. The lowest BCUT2D eigenvalue weighted by Crippen LogP contribution is -2.48. The average molecular weight is 768 g/mol. The second-order valence-corrected chi connectivity index (χ2v) is 15.4. The third-order valence-corrected chi connectivity index (χ3v) is 11.3. The number of anilines is 1. The number of epoxide rings is 1. The number of rotatable bonds is 7. The summed E-state index contributed by atoms with van der Waals surface area (Å²) in [5, 5.41) is 19.5. The fourth-order valence-electron chi connectivity index (χ4n) is 6.17. The van der Waals surface area contributed by atoms with Crippen LogP contribution in [-0.2, 0) is 30.3 Å². The number of likely N-dealkylation sites (N-methyl/N-ethyl adjacent to an activating group) is 1. The number of allylic oxidation sites excluding steroid dienone is 3. The molecule has 2 unspecified atom stereocenters. The van der Waals surface area contributed by atoms with Gasteiger partial charge in [-0.1, -0.05) is 49.2 Å². The monoisotopic (exact) mass is 767 g/mol. The van der Waals surface area contributed by atoms with Crippen LogP contribution in [-0.4, -0.2) is 109 Å². The Morgan fingerprint density at radius 3 is 2.54 bits per heavy atom.